The molecule has 7 heteroatoms. The van der Waals surface area contributed by atoms with Crippen LogP contribution in [0.25, 0.3) is 5.70 Å². The number of halogens is 1. The van der Waals surface area contributed by atoms with Gasteiger partial charge < -0.3 is 0 Å². The van der Waals surface area contributed by atoms with Crippen molar-refractivity contribution < 1.29 is 9.18 Å². The number of fused-ring (bicyclic) bond motifs is 2. The van der Waals surface area contributed by atoms with Gasteiger partial charge in [0.2, 0.25) is 0 Å². The van der Waals surface area contributed by atoms with E-state index >= 15 is 0 Å². The van der Waals surface area contributed by atoms with Gasteiger partial charge in [0, 0.05) is 10.8 Å². The molecule has 1 amide bonds. The maximum Gasteiger partial charge on any atom is 0.276 e. The van der Waals surface area contributed by atoms with Gasteiger partial charge in [-0.25, -0.2) is 9.40 Å². The predicted octanol–water partition coefficient (Wildman–Crippen LogP) is 1.72. The number of benzene rings is 2. The number of carbonyl (C=O) groups is 1. The number of amidine groups is 1. The summed E-state index contributed by atoms with van der Waals surface area (Å²) in [5.74, 6) is 0.206. The molecule has 2 aliphatic rings. The number of nitrogens with one attached hydrogen (secondary N) is 1. The average molecular weight is 354 g/mol. The first-order valence-electron chi connectivity index (χ1n) is 7.92. The highest BCUT2D eigenvalue weighted by molar-refractivity contribution is 8.13. The molecule has 2 aliphatic heterocycles. The summed E-state index contributed by atoms with van der Waals surface area (Å²) in [6, 6.07) is 13.6. The predicted molar refractivity (Wildman–Crippen MR) is 95.3 cm³/mol. The molecule has 0 saturated heterocycles. The summed E-state index contributed by atoms with van der Waals surface area (Å²) < 4.78 is 13.7. The second-order valence-electron chi connectivity index (χ2n) is 5.56. The standard InChI is InChI=1S/C18H15FN4OS/c1-2-25-18-21-17(24)15-13-8-3-4-9-14(13)20-16(23(15)22-18)11-6-5-7-12(19)10-11/h3-10,16H,2H2,1H3,(H,21,22,24)/t16-/m1/s1. The summed E-state index contributed by atoms with van der Waals surface area (Å²) in [5.41, 5.74) is 1.08. The van der Waals surface area contributed by atoms with Gasteiger partial charge >= 0.3 is 0 Å². The highest BCUT2D eigenvalue weighted by atomic mass is 32.2. The summed E-state index contributed by atoms with van der Waals surface area (Å²) >= 11 is 1.44. The Labute approximate surface area is 147 Å². The Morgan fingerprint density at radius 3 is 2.88 bits per heavy atom. The van der Waals surface area contributed by atoms with Crippen molar-refractivity contribution in [1.29, 1.82) is 0 Å². The van der Waals surface area contributed by atoms with Crippen molar-refractivity contribution in [2.75, 3.05) is 5.75 Å². The number of hydrogen-bond acceptors (Lipinski definition) is 5. The fraction of sp³-hybridized carbons (Fsp3) is 0.167. The maximum atomic E-state index is 13.7. The second kappa shape index (κ2) is 6.33. The third kappa shape index (κ3) is 2.80. The van der Waals surface area contributed by atoms with E-state index in [1.165, 1.54) is 23.9 Å². The van der Waals surface area contributed by atoms with Gasteiger partial charge in [0.1, 0.15) is 11.5 Å². The maximum absolute atomic E-state index is 13.7. The first-order chi connectivity index (χ1) is 12.2. The summed E-state index contributed by atoms with van der Waals surface area (Å²) in [7, 11) is 0. The molecule has 1 N–H and O–H groups in total. The number of nitrogens with zero attached hydrogens (tertiary/aromatic N) is 3. The van der Waals surface area contributed by atoms with Crippen molar-refractivity contribution in [2.24, 2.45) is 10.1 Å². The third-order valence-electron chi connectivity index (χ3n) is 3.94. The molecule has 1 atom stereocenters. The van der Waals surface area contributed by atoms with Gasteiger partial charge in [-0.05, 0) is 24.0 Å². The first-order valence-corrected chi connectivity index (χ1v) is 8.90. The van der Waals surface area contributed by atoms with E-state index in [1.807, 2.05) is 31.2 Å². The van der Waals surface area contributed by atoms with Crippen LogP contribution in [0.2, 0.25) is 0 Å². The lowest BCUT2D eigenvalue weighted by Crippen LogP contribution is -2.50. The molecule has 0 radical (unpaired) electrons. The normalized spacial score (nSPS) is 18.7. The molecule has 2 aromatic rings. The summed E-state index contributed by atoms with van der Waals surface area (Å²) in [6.45, 7) is 1.98. The van der Waals surface area contributed by atoms with Gasteiger partial charge in [-0.15, -0.1) is 5.10 Å². The van der Waals surface area contributed by atoms with Crippen LogP contribution in [0.5, 0.6) is 0 Å². The minimum atomic E-state index is -0.584. The highest BCUT2D eigenvalue weighted by Gasteiger charge is 2.34. The Bertz CT molecular complexity index is 1000. The van der Waals surface area contributed by atoms with Crippen LogP contribution in [0, 0.1) is 5.82 Å². The summed E-state index contributed by atoms with van der Waals surface area (Å²) in [6.07, 6.45) is -0.584. The van der Waals surface area contributed by atoms with Crippen LogP contribution in [0.15, 0.2) is 58.6 Å². The zero-order valence-corrected chi connectivity index (χ0v) is 14.3. The van der Waals surface area contributed by atoms with Crippen LogP contribution >= 0.6 is 11.8 Å². The molecule has 0 bridgehead atoms. The fourth-order valence-electron chi connectivity index (χ4n) is 2.91. The monoisotopic (exact) mass is 354 g/mol. The molecule has 0 spiro atoms. The first kappa shape index (κ1) is 15.8. The molecular weight excluding hydrogens is 339 g/mol. The van der Waals surface area contributed by atoms with Crippen LogP contribution in [0.3, 0.4) is 0 Å². The van der Waals surface area contributed by atoms with Crippen molar-refractivity contribution in [3.8, 4) is 0 Å². The van der Waals surface area contributed by atoms with E-state index in [1.54, 1.807) is 17.1 Å². The minimum Gasteiger partial charge on any atom is -0.298 e. The molecular formula is C18H15FN4OS. The summed E-state index contributed by atoms with van der Waals surface area (Å²) in [4.78, 5) is 17.4. The quantitative estimate of drug-likeness (QED) is 0.894. The van der Waals surface area contributed by atoms with Crippen molar-refractivity contribution in [1.82, 2.24) is 10.3 Å². The molecule has 126 valence electrons. The lowest BCUT2D eigenvalue weighted by molar-refractivity contribution is -0.116. The lowest BCUT2D eigenvalue weighted by atomic mass is 10.1. The number of carbonyl (C=O) groups excluding carboxylic acids is 1. The Balaban J connectivity index is 1.96. The average Bonchev–Trinajstić information content (AvgIpc) is 2.61. The van der Waals surface area contributed by atoms with Crippen molar-refractivity contribution in [3.63, 3.8) is 0 Å². The molecule has 0 saturated carbocycles. The molecule has 2 heterocycles. The van der Waals surface area contributed by atoms with Crippen LogP contribution < -0.4 is 15.9 Å². The van der Waals surface area contributed by atoms with E-state index in [0.717, 1.165) is 11.0 Å². The van der Waals surface area contributed by atoms with E-state index in [-0.39, 0.29) is 11.7 Å². The zero-order chi connectivity index (χ0) is 17.4. The highest BCUT2D eigenvalue weighted by Crippen LogP contribution is 2.30. The Morgan fingerprint density at radius 2 is 2.08 bits per heavy atom. The molecule has 5 nitrogen and oxygen atoms in total. The lowest BCUT2D eigenvalue weighted by Gasteiger charge is -2.34. The van der Waals surface area contributed by atoms with E-state index in [0.29, 0.717) is 21.8 Å². The molecule has 25 heavy (non-hydrogen) atoms. The number of thioether (sulfide) groups is 1. The number of hydrogen-bond donors (Lipinski definition) is 1. The molecule has 0 fully saturated rings. The van der Waals surface area contributed by atoms with Crippen LogP contribution in [-0.4, -0.2) is 21.8 Å². The topological polar surface area (TPSA) is 57.1 Å². The molecule has 0 aliphatic carbocycles. The van der Waals surface area contributed by atoms with Gasteiger partial charge in [0.05, 0.1) is 5.36 Å². The minimum absolute atomic E-state index is 0.227. The second-order valence-corrected chi connectivity index (χ2v) is 6.81. The largest absolute Gasteiger partial charge is 0.298 e. The van der Waals surface area contributed by atoms with Gasteiger partial charge in [-0.3, -0.25) is 15.1 Å². The van der Waals surface area contributed by atoms with E-state index in [2.05, 4.69) is 10.4 Å². The smallest absolute Gasteiger partial charge is 0.276 e. The molecule has 0 unspecified atom stereocenters. The number of para-hydroxylation sites is 1. The van der Waals surface area contributed by atoms with Gasteiger partial charge in [-0.1, -0.05) is 49.0 Å². The molecule has 2 aromatic carbocycles. The van der Waals surface area contributed by atoms with E-state index < -0.39 is 6.17 Å². The third-order valence-corrected chi connectivity index (χ3v) is 4.69. The van der Waals surface area contributed by atoms with Crippen molar-refractivity contribution in [3.05, 3.63) is 70.5 Å². The van der Waals surface area contributed by atoms with Gasteiger partial charge in [0.25, 0.3) is 5.91 Å². The van der Waals surface area contributed by atoms with Crippen LogP contribution in [0.4, 0.5) is 4.39 Å². The fourth-order valence-corrected chi connectivity index (χ4v) is 3.50. The van der Waals surface area contributed by atoms with Crippen molar-refractivity contribution in [2.45, 2.75) is 13.1 Å². The Kier molecular flexibility index (Phi) is 4.01. The van der Waals surface area contributed by atoms with E-state index in [9.17, 15) is 9.18 Å². The van der Waals surface area contributed by atoms with Crippen LogP contribution in [-0.2, 0) is 4.79 Å². The van der Waals surface area contributed by atoms with Crippen LogP contribution in [0.1, 0.15) is 18.7 Å². The number of rotatable bonds is 2. The van der Waals surface area contributed by atoms with Gasteiger partial charge in [0.15, 0.2) is 11.3 Å². The number of amides is 1. The van der Waals surface area contributed by atoms with E-state index in [4.69, 9.17) is 4.99 Å². The van der Waals surface area contributed by atoms with Crippen molar-refractivity contribution >= 4 is 28.5 Å². The Hall–Kier alpha value is -2.67. The molecule has 4 rings (SSSR count). The zero-order valence-electron chi connectivity index (χ0n) is 13.4. The molecule has 0 aromatic heterocycles. The van der Waals surface area contributed by atoms with Gasteiger partial charge in [-0.2, -0.15) is 0 Å². The SMILES string of the molecule is CCSC1=NN2C(=c3ccccc3=N[C@H]2c2cccc(F)c2)C(=O)N1. The Morgan fingerprint density at radius 1 is 1.24 bits per heavy atom. The number of hydrazone groups is 1. The summed E-state index contributed by atoms with van der Waals surface area (Å²) in [5, 5.41) is 10.9.